The van der Waals surface area contributed by atoms with E-state index in [-0.39, 0.29) is 31.0 Å². The number of nitrogens with zero attached hydrogens (tertiary/aromatic N) is 1. The van der Waals surface area contributed by atoms with Crippen molar-refractivity contribution in [2.45, 2.75) is 19.4 Å². The fourth-order valence-corrected chi connectivity index (χ4v) is 2.70. The molecule has 8 heteroatoms. The van der Waals surface area contributed by atoms with Crippen LogP contribution < -0.4 is 5.32 Å². The molecule has 0 radical (unpaired) electrons. The van der Waals surface area contributed by atoms with Crippen LogP contribution in [0.2, 0.25) is 0 Å². The smallest absolute Gasteiger partial charge is 0.326 e. The zero-order valence-corrected chi connectivity index (χ0v) is 10.4. The van der Waals surface area contributed by atoms with Crippen molar-refractivity contribution in [2.24, 2.45) is 0 Å². The van der Waals surface area contributed by atoms with Crippen molar-refractivity contribution in [2.75, 3.05) is 24.6 Å². The molecule has 0 aromatic heterocycles. The third-order valence-corrected chi connectivity index (χ3v) is 4.24. The van der Waals surface area contributed by atoms with Crippen molar-refractivity contribution in [3.05, 3.63) is 0 Å². The number of nitrogens with one attached hydrogen (secondary N) is 1. The highest BCUT2D eigenvalue weighted by molar-refractivity contribution is 7.91. The number of carboxylic acid groups (broad SMARTS) is 1. The molecule has 0 unspecified atom stereocenters. The van der Waals surface area contributed by atoms with Crippen LogP contribution in [0.4, 0.5) is 4.79 Å². The Morgan fingerprint density at radius 3 is 2.29 bits per heavy atom. The lowest BCUT2D eigenvalue weighted by molar-refractivity contribution is -0.139. The lowest BCUT2D eigenvalue weighted by Gasteiger charge is -2.28. The van der Waals surface area contributed by atoms with Gasteiger partial charge in [-0.15, -0.1) is 0 Å². The molecule has 1 rings (SSSR count). The molecule has 0 bridgehead atoms. The Morgan fingerprint density at radius 2 is 1.88 bits per heavy atom. The maximum Gasteiger partial charge on any atom is 0.326 e. The molecule has 1 saturated heterocycles. The van der Waals surface area contributed by atoms with Crippen molar-refractivity contribution < 1.29 is 23.1 Å². The number of carboxylic acids is 1. The Hall–Kier alpha value is -1.31. The zero-order chi connectivity index (χ0) is 13.1. The Kier molecular flexibility index (Phi) is 4.33. The molecule has 98 valence electrons. The van der Waals surface area contributed by atoms with Crippen LogP contribution in [0.3, 0.4) is 0 Å². The van der Waals surface area contributed by atoms with E-state index in [9.17, 15) is 18.0 Å². The maximum atomic E-state index is 11.6. The van der Waals surface area contributed by atoms with Crippen LogP contribution in [0.25, 0.3) is 0 Å². The predicted molar refractivity (Wildman–Crippen MR) is 60.5 cm³/mol. The molecule has 0 spiro atoms. The van der Waals surface area contributed by atoms with Gasteiger partial charge in [0.1, 0.15) is 6.04 Å². The molecule has 0 aromatic carbocycles. The number of hydrogen-bond donors (Lipinski definition) is 2. The van der Waals surface area contributed by atoms with Crippen molar-refractivity contribution >= 4 is 21.8 Å². The number of rotatable bonds is 3. The molecule has 2 N–H and O–H groups in total. The third kappa shape index (κ3) is 3.88. The number of hydrogen-bond acceptors (Lipinski definition) is 4. The Morgan fingerprint density at radius 1 is 1.35 bits per heavy atom. The van der Waals surface area contributed by atoms with Gasteiger partial charge in [-0.2, -0.15) is 0 Å². The molecule has 1 heterocycles. The average Bonchev–Trinajstić information content (AvgIpc) is 2.25. The number of sulfone groups is 1. The fourth-order valence-electron chi connectivity index (χ4n) is 1.49. The molecule has 1 aliphatic rings. The first-order valence-corrected chi connectivity index (χ1v) is 7.16. The van der Waals surface area contributed by atoms with E-state index in [0.717, 1.165) is 0 Å². The van der Waals surface area contributed by atoms with E-state index >= 15 is 0 Å². The molecule has 17 heavy (non-hydrogen) atoms. The van der Waals surface area contributed by atoms with Crippen LogP contribution >= 0.6 is 0 Å². The van der Waals surface area contributed by atoms with Gasteiger partial charge >= 0.3 is 12.0 Å². The van der Waals surface area contributed by atoms with E-state index in [1.807, 2.05) is 0 Å². The van der Waals surface area contributed by atoms with Crippen LogP contribution in [0, 0.1) is 0 Å². The van der Waals surface area contributed by atoms with Crippen LogP contribution in [0.5, 0.6) is 0 Å². The highest BCUT2D eigenvalue weighted by Gasteiger charge is 2.27. The first-order chi connectivity index (χ1) is 7.85. The first-order valence-electron chi connectivity index (χ1n) is 5.34. The van der Waals surface area contributed by atoms with Gasteiger partial charge in [0.2, 0.25) is 0 Å². The number of aliphatic carboxylic acids is 1. The number of carbonyl (C=O) groups is 2. The summed E-state index contributed by atoms with van der Waals surface area (Å²) in [5, 5.41) is 11.1. The van der Waals surface area contributed by atoms with Gasteiger partial charge in [-0.1, -0.05) is 6.92 Å². The SMILES string of the molecule is CC[C@H](NC(=O)N1CCS(=O)(=O)CC1)C(=O)O. The Balaban J connectivity index is 2.52. The van der Waals surface area contributed by atoms with Crippen molar-refractivity contribution in [1.29, 1.82) is 0 Å². The summed E-state index contributed by atoms with van der Waals surface area (Å²) in [6.07, 6.45) is 0.285. The minimum atomic E-state index is -3.04. The molecule has 7 nitrogen and oxygen atoms in total. The normalized spacial score (nSPS) is 20.6. The zero-order valence-electron chi connectivity index (χ0n) is 9.55. The van der Waals surface area contributed by atoms with Crippen LogP contribution in [-0.4, -0.2) is 61.1 Å². The largest absolute Gasteiger partial charge is 0.480 e. The lowest BCUT2D eigenvalue weighted by atomic mass is 10.2. The maximum absolute atomic E-state index is 11.6. The van der Waals surface area contributed by atoms with Gasteiger partial charge < -0.3 is 15.3 Å². The Bertz CT molecular complexity index is 392. The number of amides is 2. The highest BCUT2D eigenvalue weighted by Crippen LogP contribution is 2.04. The number of carbonyl (C=O) groups excluding carboxylic acids is 1. The molecule has 1 fully saturated rings. The van der Waals surface area contributed by atoms with Gasteiger partial charge in [0.05, 0.1) is 11.5 Å². The van der Waals surface area contributed by atoms with E-state index in [1.54, 1.807) is 6.92 Å². The topological polar surface area (TPSA) is 104 Å². The summed E-state index contributed by atoms with van der Waals surface area (Å²) in [7, 11) is -3.04. The minimum absolute atomic E-state index is 0.0652. The minimum Gasteiger partial charge on any atom is -0.480 e. The summed E-state index contributed by atoms with van der Waals surface area (Å²) >= 11 is 0. The summed E-state index contributed by atoms with van der Waals surface area (Å²) in [5.41, 5.74) is 0. The third-order valence-electron chi connectivity index (χ3n) is 2.64. The van der Waals surface area contributed by atoms with Gasteiger partial charge in [-0.05, 0) is 6.42 Å². The first kappa shape index (κ1) is 13.8. The molecule has 0 saturated carbocycles. The van der Waals surface area contributed by atoms with Crippen molar-refractivity contribution in [3.8, 4) is 0 Å². The second kappa shape index (κ2) is 5.35. The standard InChI is InChI=1S/C9H16N2O5S/c1-2-7(8(12)13)10-9(14)11-3-5-17(15,16)6-4-11/h7H,2-6H2,1H3,(H,10,14)(H,12,13)/t7-/m0/s1. The summed E-state index contributed by atoms with van der Waals surface area (Å²) in [6.45, 7) is 1.88. The molecule has 1 aliphatic heterocycles. The van der Waals surface area contributed by atoms with E-state index in [0.29, 0.717) is 0 Å². The highest BCUT2D eigenvalue weighted by atomic mass is 32.2. The van der Waals surface area contributed by atoms with E-state index < -0.39 is 27.9 Å². The monoisotopic (exact) mass is 264 g/mol. The molecule has 0 aromatic rings. The van der Waals surface area contributed by atoms with Crippen molar-refractivity contribution in [3.63, 3.8) is 0 Å². The van der Waals surface area contributed by atoms with Gasteiger partial charge in [-0.25, -0.2) is 18.0 Å². The Labute approximate surface area is 99.7 Å². The van der Waals surface area contributed by atoms with Crippen LogP contribution in [0.1, 0.15) is 13.3 Å². The van der Waals surface area contributed by atoms with Gasteiger partial charge in [0, 0.05) is 13.1 Å². The summed E-state index contributed by atoms with van der Waals surface area (Å²) in [6, 6.07) is -1.45. The predicted octanol–water partition coefficient (Wildman–Crippen LogP) is -0.710. The average molecular weight is 264 g/mol. The summed E-state index contributed by atoms with van der Waals surface area (Å²) in [5.74, 6) is -1.22. The van der Waals surface area contributed by atoms with E-state index in [4.69, 9.17) is 5.11 Å². The van der Waals surface area contributed by atoms with Crippen LogP contribution in [0.15, 0.2) is 0 Å². The summed E-state index contributed by atoms with van der Waals surface area (Å²) < 4.78 is 22.3. The molecule has 1 atom stereocenters. The molecule has 0 aliphatic carbocycles. The summed E-state index contributed by atoms with van der Waals surface area (Å²) in [4.78, 5) is 23.7. The molecule has 2 amide bonds. The molecular weight excluding hydrogens is 248 g/mol. The van der Waals surface area contributed by atoms with Gasteiger partial charge in [-0.3, -0.25) is 0 Å². The lowest BCUT2D eigenvalue weighted by Crippen LogP contribution is -2.52. The van der Waals surface area contributed by atoms with E-state index in [2.05, 4.69) is 5.32 Å². The fraction of sp³-hybridized carbons (Fsp3) is 0.778. The van der Waals surface area contributed by atoms with Gasteiger partial charge in [0.25, 0.3) is 0 Å². The quantitative estimate of drug-likeness (QED) is 0.700. The molecular formula is C9H16N2O5S. The second-order valence-corrected chi connectivity index (χ2v) is 6.19. The second-order valence-electron chi connectivity index (χ2n) is 3.89. The number of urea groups is 1. The van der Waals surface area contributed by atoms with Crippen molar-refractivity contribution in [1.82, 2.24) is 10.2 Å². The van der Waals surface area contributed by atoms with Crippen LogP contribution in [-0.2, 0) is 14.6 Å². The van der Waals surface area contributed by atoms with E-state index in [1.165, 1.54) is 4.90 Å². The van der Waals surface area contributed by atoms with Gasteiger partial charge in [0.15, 0.2) is 9.84 Å².